The summed E-state index contributed by atoms with van der Waals surface area (Å²) in [6.07, 6.45) is 10.1. The molecule has 0 aromatic carbocycles. The molecule has 122 valence electrons. The molecule has 0 spiro atoms. The first kappa shape index (κ1) is 15.0. The lowest BCUT2D eigenvalue weighted by atomic mass is 10.1. The number of hydrogen-bond donors (Lipinski definition) is 0. The zero-order chi connectivity index (χ0) is 16.5. The Morgan fingerprint density at radius 3 is 2.79 bits per heavy atom. The van der Waals surface area contributed by atoms with Gasteiger partial charge in [-0.3, -0.25) is 14.8 Å². The van der Waals surface area contributed by atoms with E-state index in [4.69, 9.17) is 0 Å². The van der Waals surface area contributed by atoms with Crippen molar-refractivity contribution in [2.75, 3.05) is 33.2 Å². The molecule has 1 aliphatic heterocycles. The van der Waals surface area contributed by atoms with E-state index in [1.807, 2.05) is 4.90 Å². The summed E-state index contributed by atoms with van der Waals surface area (Å²) < 4.78 is 0. The zero-order valence-electron chi connectivity index (χ0n) is 13.6. The minimum Gasteiger partial charge on any atom is -0.335 e. The molecule has 0 N–H and O–H groups in total. The number of allylic oxidation sites excluding steroid dienone is 1. The maximum absolute atomic E-state index is 12.7. The summed E-state index contributed by atoms with van der Waals surface area (Å²) in [7, 11) is 2.07. The monoisotopic (exact) mass is 321 g/mol. The Morgan fingerprint density at radius 2 is 1.96 bits per heavy atom. The Morgan fingerprint density at radius 1 is 1.12 bits per heavy atom. The number of piperazine rings is 1. The van der Waals surface area contributed by atoms with Crippen molar-refractivity contribution in [3.8, 4) is 11.3 Å². The van der Waals surface area contributed by atoms with Gasteiger partial charge >= 0.3 is 0 Å². The molecule has 2 aromatic heterocycles. The Bertz CT molecular complexity index is 809. The van der Waals surface area contributed by atoms with Crippen molar-refractivity contribution >= 4 is 12.0 Å². The van der Waals surface area contributed by atoms with Crippen molar-refractivity contribution in [3.63, 3.8) is 0 Å². The molecule has 6 heteroatoms. The third kappa shape index (κ3) is 2.80. The van der Waals surface area contributed by atoms with Crippen molar-refractivity contribution < 1.29 is 4.79 Å². The average molecular weight is 321 g/mol. The highest BCUT2D eigenvalue weighted by Crippen LogP contribution is 2.23. The van der Waals surface area contributed by atoms with E-state index in [9.17, 15) is 4.79 Å². The summed E-state index contributed by atoms with van der Waals surface area (Å²) >= 11 is 0. The summed E-state index contributed by atoms with van der Waals surface area (Å²) in [5, 5.41) is 0. The van der Waals surface area contributed by atoms with Crippen LogP contribution in [0.5, 0.6) is 0 Å². The maximum atomic E-state index is 12.7. The third-order valence-electron chi connectivity index (χ3n) is 4.55. The van der Waals surface area contributed by atoms with Crippen LogP contribution in [0.1, 0.15) is 21.7 Å². The lowest BCUT2D eigenvalue weighted by Crippen LogP contribution is -2.47. The van der Waals surface area contributed by atoms with Crippen molar-refractivity contribution in [1.82, 2.24) is 24.8 Å². The smallest absolute Gasteiger partial charge is 0.274 e. The third-order valence-corrected chi connectivity index (χ3v) is 4.55. The van der Waals surface area contributed by atoms with Gasteiger partial charge in [-0.25, -0.2) is 4.98 Å². The van der Waals surface area contributed by atoms with Crippen LogP contribution in [0.2, 0.25) is 0 Å². The number of fused-ring (bicyclic) bond motifs is 1. The number of nitrogens with zero attached hydrogens (tertiary/aromatic N) is 5. The molecule has 3 heterocycles. The van der Waals surface area contributed by atoms with Crippen LogP contribution in [-0.4, -0.2) is 63.9 Å². The van der Waals surface area contributed by atoms with Gasteiger partial charge < -0.3 is 9.80 Å². The van der Waals surface area contributed by atoms with E-state index in [0.717, 1.165) is 49.4 Å². The van der Waals surface area contributed by atoms with Crippen LogP contribution in [0, 0.1) is 0 Å². The quantitative estimate of drug-likeness (QED) is 0.839. The first-order valence-electron chi connectivity index (χ1n) is 8.16. The molecule has 6 nitrogen and oxygen atoms in total. The number of carbonyl (C=O) groups is 1. The van der Waals surface area contributed by atoms with Gasteiger partial charge in [0.1, 0.15) is 5.69 Å². The molecule has 1 saturated heterocycles. The molecule has 0 atom stereocenters. The van der Waals surface area contributed by atoms with Gasteiger partial charge in [0, 0.05) is 44.4 Å². The number of pyridine rings is 1. The van der Waals surface area contributed by atoms with Crippen LogP contribution in [0.3, 0.4) is 0 Å². The Labute approximate surface area is 140 Å². The molecule has 0 unspecified atom stereocenters. The number of amides is 1. The van der Waals surface area contributed by atoms with E-state index in [1.165, 1.54) is 0 Å². The predicted octanol–water partition coefficient (Wildman–Crippen LogP) is 1.50. The second-order valence-corrected chi connectivity index (χ2v) is 6.25. The van der Waals surface area contributed by atoms with E-state index in [2.05, 4.69) is 45.1 Å². The van der Waals surface area contributed by atoms with Crippen LogP contribution in [0.25, 0.3) is 17.3 Å². The number of aromatic nitrogens is 3. The average Bonchev–Trinajstić information content (AvgIpc) is 3.09. The van der Waals surface area contributed by atoms with Gasteiger partial charge in [-0.15, -0.1) is 0 Å². The van der Waals surface area contributed by atoms with E-state index in [0.29, 0.717) is 11.4 Å². The molecule has 1 aliphatic carbocycles. The number of carbonyl (C=O) groups excluding carboxylic acids is 1. The minimum atomic E-state index is -0.0496. The molecule has 4 rings (SSSR count). The Balaban J connectivity index is 1.59. The Hall–Kier alpha value is -2.60. The second-order valence-electron chi connectivity index (χ2n) is 6.25. The lowest BCUT2D eigenvalue weighted by molar-refractivity contribution is 0.0658. The first-order chi connectivity index (χ1) is 11.7. The number of hydrogen-bond acceptors (Lipinski definition) is 5. The van der Waals surface area contributed by atoms with Crippen molar-refractivity contribution in [1.29, 1.82) is 0 Å². The summed E-state index contributed by atoms with van der Waals surface area (Å²) in [6.45, 7) is 3.23. The van der Waals surface area contributed by atoms with Gasteiger partial charge in [0.25, 0.3) is 5.91 Å². The largest absolute Gasteiger partial charge is 0.335 e. The van der Waals surface area contributed by atoms with Gasteiger partial charge in [-0.2, -0.15) is 0 Å². The van der Waals surface area contributed by atoms with Gasteiger partial charge in [0.15, 0.2) is 0 Å². The molecule has 1 fully saturated rings. The fraction of sp³-hybridized carbons (Fsp3) is 0.333. The molecule has 1 amide bonds. The van der Waals surface area contributed by atoms with Crippen molar-refractivity contribution in [3.05, 3.63) is 47.7 Å². The predicted molar refractivity (Wildman–Crippen MR) is 91.4 cm³/mol. The number of rotatable bonds is 2. The SMILES string of the molecule is CN1CCN(C(=O)c2cncc(-c3cnc4c(c3)C=CC4)n2)CC1. The minimum absolute atomic E-state index is 0.0496. The van der Waals surface area contributed by atoms with E-state index < -0.39 is 0 Å². The molecular weight excluding hydrogens is 302 g/mol. The van der Waals surface area contributed by atoms with Gasteiger partial charge in [0.2, 0.25) is 0 Å². The molecular formula is C18H19N5O. The molecule has 2 aromatic rings. The van der Waals surface area contributed by atoms with Gasteiger partial charge in [-0.05, 0) is 18.7 Å². The topological polar surface area (TPSA) is 62.2 Å². The van der Waals surface area contributed by atoms with Crippen LogP contribution in [0.15, 0.2) is 30.7 Å². The molecule has 24 heavy (non-hydrogen) atoms. The van der Waals surface area contributed by atoms with Crippen LogP contribution >= 0.6 is 0 Å². The molecule has 0 saturated carbocycles. The highest BCUT2D eigenvalue weighted by Gasteiger charge is 2.22. The zero-order valence-corrected chi connectivity index (χ0v) is 13.6. The van der Waals surface area contributed by atoms with Gasteiger partial charge in [0.05, 0.1) is 23.8 Å². The van der Waals surface area contributed by atoms with E-state index in [1.54, 1.807) is 18.6 Å². The fourth-order valence-corrected chi connectivity index (χ4v) is 3.04. The summed E-state index contributed by atoms with van der Waals surface area (Å²) in [4.78, 5) is 29.9. The first-order valence-corrected chi connectivity index (χ1v) is 8.16. The van der Waals surface area contributed by atoms with E-state index in [-0.39, 0.29) is 5.91 Å². The van der Waals surface area contributed by atoms with Crippen LogP contribution in [-0.2, 0) is 6.42 Å². The summed E-state index contributed by atoms with van der Waals surface area (Å²) in [5.41, 5.74) is 4.17. The number of likely N-dealkylation sites (N-methyl/N-ethyl adjacent to an activating group) is 1. The highest BCUT2D eigenvalue weighted by atomic mass is 16.2. The normalized spacial score (nSPS) is 17.1. The summed E-state index contributed by atoms with van der Waals surface area (Å²) in [5.74, 6) is -0.0496. The Kier molecular flexibility index (Phi) is 3.82. The standard InChI is InChI=1S/C18H19N5O/c1-22-5-7-23(8-6-22)18(24)17-12-19-11-16(21-17)14-9-13-3-2-4-15(13)20-10-14/h2-3,9-12H,4-8H2,1H3. The van der Waals surface area contributed by atoms with Crippen LogP contribution in [0.4, 0.5) is 0 Å². The van der Waals surface area contributed by atoms with Crippen molar-refractivity contribution in [2.45, 2.75) is 6.42 Å². The maximum Gasteiger partial charge on any atom is 0.274 e. The van der Waals surface area contributed by atoms with Crippen molar-refractivity contribution in [2.24, 2.45) is 0 Å². The van der Waals surface area contributed by atoms with Gasteiger partial charge in [-0.1, -0.05) is 12.2 Å². The lowest BCUT2D eigenvalue weighted by Gasteiger charge is -2.32. The molecule has 2 aliphatic rings. The highest BCUT2D eigenvalue weighted by molar-refractivity contribution is 5.92. The molecule has 0 bridgehead atoms. The second kappa shape index (κ2) is 6.13. The fourth-order valence-electron chi connectivity index (χ4n) is 3.04. The molecule has 0 radical (unpaired) electrons. The van der Waals surface area contributed by atoms with Crippen LogP contribution < -0.4 is 0 Å². The van der Waals surface area contributed by atoms with E-state index >= 15 is 0 Å². The summed E-state index contributed by atoms with van der Waals surface area (Å²) in [6, 6.07) is 2.06.